The van der Waals surface area contributed by atoms with E-state index >= 15 is 0 Å². The van der Waals surface area contributed by atoms with Gasteiger partial charge in [-0.3, -0.25) is 0 Å². The summed E-state index contributed by atoms with van der Waals surface area (Å²) in [5, 5.41) is 35.6. The van der Waals surface area contributed by atoms with E-state index in [2.05, 4.69) is 0 Å². The van der Waals surface area contributed by atoms with Gasteiger partial charge < -0.3 is 15.3 Å². The van der Waals surface area contributed by atoms with Crippen molar-refractivity contribution in [2.24, 2.45) is 0 Å². The van der Waals surface area contributed by atoms with Gasteiger partial charge >= 0.3 is 0 Å². The lowest BCUT2D eigenvalue weighted by atomic mass is 10.0. The number of aliphatic hydroxyl groups is 3. The van der Waals surface area contributed by atoms with Gasteiger partial charge in [-0.1, -0.05) is 6.07 Å². The van der Waals surface area contributed by atoms with Crippen LogP contribution in [0.25, 0.3) is 0 Å². The van der Waals surface area contributed by atoms with Crippen LogP contribution in [0.15, 0.2) is 18.2 Å². The highest BCUT2D eigenvalue weighted by molar-refractivity contribution is 5.28. The highest BCUT2D eigenvalue weighted by Gasteiger charge is 2.21. The van der Waals surface area contributed by atoms with E-state index < -0.39 is 18.0 Å². The number of rotatable bonds is 3. The Morgan fingerprint density at radius 1 is 1.40 bits per heavy atom. The molecule has 0 radical (unpaired) electrons. The first kappa shape index (κ1) is 11.6. The SMILES string of the molecule is N#CC(O)C(O)c1cc(CO)ccc1F. The summed E-state index contributed by atoms with van der Waals surface area (Å²) in [5.41, 5.74) is 0.200. The maximum atomic E-state index is 13.2. The van der Waals surface area contributed by atoms with Gasteiger partial charge in [0.25, 0.3) is 0 Å². The van der Waals surface area contributed by atoms with Crippen LogP contribution in [0.1, 0.15) is 17.2 Å². The lowest BCUT2D eigenvalue weighted by Crippen LogP contribution is -2.17. The number of hydrogen-bond donors (Lipinski definition) is 3. The Morgan fingerprint density at radius 3 is 2.60 bits per heavy atom. The molecule has 0 saturated heterocycles. The molecular formula is C10H10FNO3. The first-order chi connectivity index (χ1) is 7.10. The molecule has 0 saturated carbocycles. The molecule has 4 nitrogen and oxygen atoms in total. The van der Waals surface area contributed by atoms with Crippen LogP contribution in [0.5, 0.6) is 0 Å². The van der Waals surface area contributed by atoms with Gasteiger partial charge in [-0.25, -0.2) is 4.39 Å². The lowest BCUT2D eigenvalue weighted by Gasteiger charge is -2.13. The van der Waals surface area contributed by atoms with Crippen molar-refractivity contribution in [2.45, 2.75) is 18.8 Å². The monoisotopic (exact) mass is 211 g/mol. The zero-order chi connectivity index (χ0) is 11.4. The van der Waals surface area contributed by atoms with Gasteiger partial charge in [0.15, 0.2) is 6.10 Å². The molecule has 2 atom stereocenters. The van der Waals surface area contributed by atoms with E-state index in [-0.39, 0.29) is 12.2 Å². The first-order valence-corrected chi connectivity index (χ1v) is 4.25. The molecule has 0 aliphatic heterocycles. The second kappa shape index (κ2) is 4.84. The predicted octanol–water partition coefficient (Wildman–Crippen LogP) is 0.236. The third kappa shape index (κ3) is 2.50. The van der Waals surface area contributed by atoms with Crippen molar-refractivity contribution in [1.82, 2.24) is 0 Å². The quantitative estimate of drug-likeness (QED) is 0.625. The van der Waals surface area contributed by atoms with Crippen molar-refractivity contribution in [2.75, 3.05) is 0 Å². The van der Waals surface area contributed by atoms with Crippen molar-refractivity contribution < 1.29 is 19.7 Å². The Labute approximate surface area is 85.8 Å². The third-order valence-corrected chi connectivity index (χ3v) is 1.99. The van der Waals surface area contributed by atoms with E-state index in [1.54, 1.807) is 0 Å². The van der Waals surface area contributed by atoms with Crippen LogP contribution in [0.4, 0.5) is 4.39 Å². The van der Waals surface area contributed by atoms with Crippen molar-refractivity contribution in [3.63, 3.8) is 0 Å². The minimum absolute atomic E-state index is 0.199. The molecule has 2 unspecified atom stereocenters. The molecule has 0 aliphatic rings. The summed E-state index contributed by atoms with van der Waals surface area (Å²) in [6.45, 7) is -0.303. The van der Waals surface area contributed by atoms with Gasteiger partial charge in [0.2, 0.25) is 0 Å². The van der Waals surface area contributed by atoms with Gasteiger partial charge in [-0.15, -0.1) is 0 Å². The number of halogens is 1. The van der Waals surface area contributed by atoms with E-state index in [0.29, 0.717) is 5.56 Å². The molecule has 0 fully saturated rings. The highest BCUT2D eigenvalue weighted by Crippen LogP contribution is 2.21. The molecule has 1 aromatic rings. The zero-order valence-electron chi connectivity index (χ0n) is 7.76. The first-order valence-electron chi connectivity index (χ1n) is 4.25. The van der Waals surface area contributed by atoms with Crippen molar-refractivity contribution in [1.29, 1.82) is 5.26 Å². The summed E-state index contributed by atoms with van der Waals surface area (Å²) in [7, 11) is 0. The fraction of sp³-hybridized carbons (Fsp3) is 0.300. The van der Waals surface area contributed by atoms with Gasteiger partial charge in [0.1, 0.15) is 11.9 Å². The second-order valence-electron chi connectivity index (χ2n) is 3.03. The molecule has 0 amide bonds. The maximum Gasteiger partial charge on any atom is 0.170 e. The molecule has 0 aliphatic carbocycles. The highest BCUT2D eigenvalue weighted by atomic mass is 19.1. The van der Waals surface area contributed by atoms with Crippen LogP contribution < -0.4 is 0 Å². The molecule has 1 rings (SSSR count). The van der Waals surface area contributed by atoms with Crippen LogP contribution in [0.2, 0.25) is 0 Å². The summed E-state index contributed by atoms with van der Waals surface area (Å²) < 4.78 is 13.2. The van der Waals surface area contributed by atoms with Gasteiger partial charge in [0, 0.05) is 5.56 Å². The fourth-order valence-electron chi connectivity index (χ4n) is 1.16. The summed E-state index contributed by atoms with van der Waals surface area (Å²) >= 11 is 0. The number of nitrogens with zero attached hydrogens (tertiary/aromatic N) is 1. The molecule has 0 aromatic heterocycles. The topological polar surface area (TPSA) is 84.5 Å². The Balaban J connectivity index is 3.07. The molecule has 5 heteroatoms. The molecule has 15 heavy (non-hydrogen) atoms. The van der Waals surface area contributed by atoms with Crippen LogP contribution >= 0.6 is 0 Å². The van der Waals surface area contributed by atoms with Crippen molar-refractivity contribution in [3.05, 3.63) is 35.1 Å². The normalized spacial score (nSPS) is 14.3. The molecule has 0 bridgehead atoms. The van der Waals surface area contributed by atoms with Gasteiger partial charge in [-0.2, -0.15) is 5.26 Å². The molecule has 3 N–H and O–H groups in total. The standard InChI is InChI=1S/C10H10FNO3/c11-8-2-1-6(5-13)3-7(8)10(15)9(14)4-12/h1-3,9-10,13-15H,5H2. The fourth-order valence-corrected chi connectivity index (χ4v) is 1.16. The molecule has 1 aromatic carbocycles. The van der Waals surface area contributed by atoms with E-state index in [9.17, 15) is 9.50 Å². The van der Waals surface area contributed by atoms with E-state index in [4.69, 9.17) is 15.5 Å². The van der Waals surface area contributed by atoms with Crippen LogP contribution in [0, 0.1) is 17.1 Å². The largest absolute Gasteiger partial charge is 0.392 e. The summed E-state index contributed by atoms with van der Waals surface area (Å²) in [5.74, 6) is -0.728. The molecular weight excluding hydrogens is 201 g/mol. The van der Waals surface area contributed by atoms with Gasteiger partial charge in [0.05, 0.1) is 12.7 Å². The van der Waals surface area contributed by atoms with E-state index in [0.717, 1.165) is 6.07 Å². The maximum absolute atomic E-state index is 13.2. The number of hydrogen-bond acceptors (Lipinski definition) is 4. The van der Waals surface area contributed by atoms with E-state index in [1.165, 1.54) is 18.2 Å². The molecule has 0 heterocycles. The van der Waals surface area contributed by atoms with Crippen LogP contribution in [0.3, 0.4) is 0 Å². The Bertz CT molecular complexity index is 389. The number of benzene rings is 1. The number of nitriles is 1. The average Bonchev–Trinajstić information content (AvgIpc) is 2.27. The Morgan fingerprint density at radius 2 is 2.07 bits per heavy atom. The van der Waals surface area contributed by atoms with Crippen molar-refractivity contribution in [3.8, 4) is 6.07 Å². The zero-order valence-corrected chi connectivity index (χ0v) is 7.76. The lowest BCUT2D eigenvalue weighted by molar-refractivity contribution is 0.0502. The Hall–Kier alpha value is -1.48. The summed E-state index contributed by atoms with van der Waals surface area (Å²) in [4.78, 5) is 0. The minimum atomic E-state index is -1.69. The van der Waals surface area contributed by atoms with E-state index in [1.807, 2.05) is 0 Å². The van der Waals surface area contributed by atoms with Crippen LogP contribution in [-0.2, 0) is 6.61 Å². The molecule has 0 spiro atoms. The van der Waals surface area contributed by atoms with Gasteiger partial charge in [-0.05, 0) is 17.7 Å². The van der Waals surface area contributed by atoms with Crippen LogP contribution in [-0.4, -0.2) is 21.4 Å². The Kier molecular flexibility index (Phi) is 3.74. The van der Waals surface area contributed by atoms with Crippen molar-refractivity contribution >= 4 is 0 Å². The minimum Gasteiger partial charge on any atom is -0.392 e. The second-order valence-corrected chi connectivity index (χ2v) is 3.03. The third-order valence-electron chi connectivity index (χ3n) is 1.99. The smallest absolute Gasteiger partial charge is 0.170 e. The average molecular weight is 211 g/mol. The predicted molar refractivity (Wildman–Crippen MR) is 48.9 cm³/mol. The summed E-state index contributed by atoms with van der Waals surface area (Å²) in [6.07, 6.45) is -3.30. The number of aliphatic hydroxyl groups excluding tert-OH is 3. The molecule has 80 valence electrons. The summed E-state index contributed by atoms with van der Waals surface area (Å²) in [6, 6.07) is 5.03.